The highest BCUT2D eigenvalue weighted by Gasteiger charge is 2.00. The second-order valence-corrected chi connectivity index (χ2v) is 3.91. The first kappa shape index (κ1) is 9.91. The van der Waals surface area contributed by atoms with Gasteiger partial charge in [0.15, 0.2) is 0 Å². The molecule has 0 saturated heterocycles. The van der Waals surface area contributed by atoms with E-state index >= 15 is 0 Å². The zero-order valence-electron chi connectivity index (χ0n) is 7.93. The number of rotatable bonds is 1. The molecular formula is C12H8NOS. The largest absolute Gasteiger partial charge is 0.255 e. The lowest BCUT2D eigenvalue weighted by atomic mass is 10.3. The van der Waals surface area contributed by atoms with Gasteiger partial charge in [-0.25, -0.2) is 5.11 Å². The Labute approximate surface area is 92.2 Å². The van der Waals surface area contributed by atoms with Crippen molar-refractivity contribution in [2.45, 2.75) is 0 Å². The summed E-state index contributed by atoms with van der Waals surface area (Å²) in [5, 5.41) is 10.2. The molecule has 1 radical (unpaired) electrons. The lowest BCUT2D eigenvalue weighted by Crippen LogP contribution is -1.75. The summed E-state index contributed by atoms with van der Waals surface area (Å²) in [6.07, 6.45) is 1.76. The van der Waals surface area contributed by atoms with Gasteiger partial charge in [0, 0.05) is 6.20 Å². The molecule has 73 valence electrons. The van der Waals surface area contributed by atoms with Crippen LogP contribution in [0.3, 0.4) is 0 Å². The number of aromatic nitrogens is 1. The fourth-order valence-electron chi connectivity index (χ4n) is 1.17. The Morgan fingerprint density at radius 2 is 2.20 bits per heavy atom. The first-order chi connectivity index (χ1) is 7.40. The molecule has 0 saturated carbocycles. The van der Waals surface area contributed by atoms with Crippen molar-refractivity contribution in [1.82, 2.24) is 4.98 Å². The Kier molecular flexibility index (Phi) is 3.13. The van der Waals surface area contributed by atoms with Crippen molar-refractivity contribution in [3.63, 3.8) is 0 Å². The van der Waals surface area contributed by atoms with E-state index < -0.39 is 0 Å². The van der Waals surface area contributed by atoms with Crippen LogP contribution in [0.4, 0.5) is 0 Å². The molecule has 2 aromatic heterocycles. The van der Waals surface area contributed by atoms with Crippen LogP contribution in [0.25, 0.3) is 10.6 Å². The predicted molar refractivity (Wildman–Crippen MR) is 60.0 cm³/mol. The maximum atomic E-state index is 10.2. The summed E-state index contributed by atoms with van der Waals surface area (Å²) in [4.78, 5) is 6.23. The van der Waals surface area contributed by atoms with Gasteiger partial charge >= 0.3 is 0 Å². The van der Waals surface area contributed by atoms with Gasteiger partial charge in [0.2, 0.25) is 0 Å². The smallest absolute Gasteiger partial charge is 0.143 e. The highest BCUT2D eigenvalue weighted by atomic mass is 32.1. The predicted octanol–water partition coefficient (Wildman–Crippen LogP) is 2.59. The molecule has 0 bridgehead atoms. The molecule has 0 spiro atoms. The van der Waals surface area contributed by atoms with E-state index in [9.17, 15) is 5.11 Å². The van der Waals surface area contributed by atoms with E-state index in [4.69, 9.17) is 0 Å². The molecule has 0 atom stereocenters. The van der Waals surface area contributed by atoms with Crippen molar-refractivity contribution in [2.24, 2.45) is 0 Å². The van der Waals surface area contributed by atoms with E-state index in [0.717, 1.165) is 15.4 Å². The summed E-state index contributed by atoms with van der Waals surface area (Å²) in [5.74, 6) is 5.33. The molecule has 0 fully saturated rings. The monoisotopic (exact) mass is 214 g/mol. The lowest BCUT2D eigenvalue weighted by Gasteiger charge is -1.92. The van der Waals surface area contributed by atoms with E-state index in [1.165, 1.54) is 0 Å². The fourth-order valence-corrected chi connectivity index (χ4v) is 2.03. The van der Waals surface area contributed by atoms with Crippen LogP contribution in [0.1, 0.15) is 4.88 Å². The topological polar surface area (TPSA) is 32.8 Å². The van der Waals surface area contributed by atoms with Crippen LogP contribution in [0, 0.1) is 11.8 Å². The average molecular weight is 214 g/mol. The van der Waals surface area contributed by atoms with E-state index in [1.54, 1.807) is 17.5 Å². The highest BCUT2D eigenvalue weighted by molar-refractivity contribution is 7.16. The summed E-state index contributed by atoms with van der Waals surface area (Å²) >= 11 is 1.55. The van der Waals surface area contributed by atoms with E-state index in [0.29, 0.717) is 0 Å². The number of thiophene rings is 1. The highest BCUT2D eigenvalue weighted by Crippen LogP contribution is 2.25. The van der Waals surface area contributed by atoms with Gasteiger partial charge in [0.05, 0.1) is 15.4 Å². The van der Waals surface area contributed by atoms with Crippen LogP contribution in [0.5, 0.6) is 0 Å². The minimum absolute atomic E-state index is 0.350. The van der Waals surface area contributed by atoms with Crippen LogP contribution in [-0.4, -0.2) is 11.6 Å². The molecule has 0 amide bonds. The quantitative estimate of drug-likeness (QED) is 0.671. The molecule has 0 aliphatic heterocycles. The van der Waals surface area contributed by atoms with Gasteiger partial charge < -0.3 is 0 Å². The van der Waals surface area contributed by atoms with E-state index in [1.807, 2.05) is 30.3 Å². The molecule has 2 nitrogen and oxygen atoms in total. The minimum Gasteiger partial charge on any atom is -0.255 e. The van der Waals surface area contributed by atoms with Crippen molar-refractivity contribution in [3.8, 4) is 22.4 Å². The third kappa shape index (κ3) is 2.44. The summed E-state index contributed by atoms with van der Waals surface area (Å²) in [6.45, 7) is -0.350. The third-order valence-electron chi connectivity index (χ3n) is 1.81. The van der Waals surface area contributed by atoms with E-state index in [2.05, 4.69) is 16.8 Å². The third-order valence-corrected chi connectivity index (χ3v) is 2.83. The summed E-state index contributed by atoms with van der Waals surface area (Å²) in [5.41, 5.74) is 0.942. The maximum absolute atomic E-state index is 10.2. The van der Waals surface area contributed by atoms with Crippen molar-refractivity contribution >= 4 is 11.3 Å². The average Bonchev–Trinajstić information content (AvgIpc) is 2.76. The zero-order chi connectivity index (χ0) is 10.5. The molecule has 0 aliphatic rings. The number of hydrogen-bond acceptors (Lipinski definition) is 2. The van der Waals surface area contributed by atoms with Gasteiger partial charge in [-0.3, -0.25) is 4.98 Å². The molecule has 2 rings (SSSR count). The minimum atomic E-state index is -0.350. The van der Waals surface area contributed by atoms with Crippen molar-refractivity contribution in [2.75, 3.05) is 6.61 Å². The number of hydrogen-bond donors (Lipinski definition) is 0. The normalized spacial score (nSPS) is 9.40. The molecule has 15 heavy (non-hydrogen) atoms. The molecule has 0 N–H and O–H groups in total. The van der Waals surface area contributed by atoms with Crippen LogP contribution >= 0.6 is 11.3 Å². The van der Waals surface area contributed by atoms with Crippen LogP contribution in [-0.2, 0) is 5.11 Å². The van der Waals surface area contributed by atoms with Crippen LogP contribution in [0.2, 0.25) is 0 Å². The lowest BCUT2D eigenvalue weighted by molar-refractivity contribution is 0.239. The number of pyridine rings is 1. The van der Waals surface area contributed by atoms with Crippen molar-refractivity contribution in [3.05, 3.63) is 41.4 Å². The first-order valence-corrected chi connectivity index (χ1v) is 5.30. The molecule has 2 heterocycles. The SMILES string of the molecule is [O]CC#Cc1ccc(-c2ccccn2)s1. The van der Waals surface area contributed by atoms with Gasteiger partial charge in [-0.05, 0) is 24.3 Å². The van der Waals surface area contributed by atoms with Crippen molar-refractivity contribution < 1.29 is 5.11 Å². The molecule has 0 aromatic carbocycles. The van der Waals surface area contributed by atoms with Gasteiger partial charge in [0.25, 0.3) is 0 Å². The molecule has 0 unspecified atom stereocenters. The Hall–Kier alpha value is -1.63. The van der Waals surface area contributed by atoms with Crippen LogP contribution in [0.15, 0.2) is 36.5 Å². The van der Waals surface area contributed by atoms with Gasteiger partial charge in [-0.1, -0.05) is 17.9 Å². The molecular weight excluding hydrogens is 206 g/mol. The van der Waals surface area contributed by atoms with Crippen molar-refractivity contribution in [1.29, 1.82) is 0 Å². The standard InChI is InChI=1S/C12H8NOS/c14-9-3-4-10-6-7-12(15-10)11-5-1-2-8-13-11/h1-2,5-8H,9H2. The Balaban J connectivity index is 2.28. The Bertz CT molecular complexity index is 493. The zero-order valence-corrected chi connectivity index (χ0v) is 8.75. The van der Waals surface area contributed by atoms with E-state index in [-0.39, 0.29) is 6.61 Å². The number of nitrogens with zero attached hydrogens (tertiary/aromatic N) is 1. The second-order valence-electron chi connectivity index (χ2n) is 2.82. The van der Waals surface area contributed by atoms with Gasteiger partial charge in [-0.15, -0.1) is 11.3 Å². The summed E-state index contributed by atoms with van der Waals surface area (Å²) in [6, 6.07) is 9.68. The summed E-state index contributed by atoms with van der Waals surface area (Å²) < 4.78 is 0. The van der Waals surface area contributed by atoms with Gasteiger partial charge in [0.1, 0.15) is 6.61 Å². The Morgan fingerprint density at radius 3 is 2.93 bits per heavy atom. The second kappa shape index (κ2) is 4.74. The Morgan fingerprint density at radius 1 is 1.27 bits per heavy atom. The first-order valence-electron chi connectivity index (χ1n) is 4.48. The molecule has 3 heteroatoms. The van der Waals surface area contributed by atoms with Crippen LogP contribution < -0.4 is 0 Å². The van der Waals surface area contributed by atoms with Gasteiger partial charge in [-0.2, -0.15) is 0 Å². The molecule has 0 aliphatic carbocycles. The maximum Gasteiger partial charge on any atom is 0.143 e. The fraction of sp³-hybridized carbons (Fsp3) is 0.0833. The molecule has 2 aromatic rings. The summed E-state index contributed by atoms with van der Waals surface area (Å²) in [7, 11) is 0.